The molecule has 0 aliphatic carbocycles. The fourth-order valence-electron chi connectivity index (χ4n) is 2.14. The molecule has 2 aromatic rings. The molecule has 21 heavy (non-hydrogen) atoms. The monoisotopic (exact) mass is 305 g/mol. The molecular weight excluding hydrogens is 286 g/mol. The van der Waals surface area contributed by atoms with E-state index >= 15 is 0 Å². The Hall–Kier alpha value is -1.66. The van der Waals surface area contributed by atoms with Gasteiger partial charge in [0.2, 0.25) is 0 Å². The molecule has 2 unspecified atom stereocenters. The minimum atomic E-state index is -0.176. The summed E-state index contributed by atoms with van der Waals surface area (Å²) in [6, 6.07) is 7.91. The Balaban J connectivity index is 1.70. The quantitative estimate of drug-likeness (QED) is 0.920. The number of ether oxygens (including phenoxy) is 2. The molecule has 1 aliphatic heterocycles. The van der Waals surface area contributed by atoms with E-state index in [1.165, 1.54) is 0 Å². The number of benzene rings is 1. The number of nitrogens with one attached hydrogen (secondary N) is 1. The molecule has 0 saturated heterocycles. The minimum absolute atomic E-state index is 0.176. The number of aromatic nitrogens is 2. The van der Waals surface area contributed by atoms with Gasteiger partial charge in [0.05, 0.1) is 6.04 Å². The first-order valence-electron chi connectivity index (χ1n) is 7.23. The average molecular weight is 305 g/mol. The number of hydrogen-bond acceptors (Lipinski definition) is 6. The molecule has 6 heteroatoms. The van der Waals surface area contributed by atoms with Crippen molar-refractivity contribution in [2.45, 2.75) is 32.4 Å². The van der Waals surface area contributed by atoms with Crippen molar-refractivity contribution in [2.24, 2.45) is 0 Å². The van der Waals surface area contributed by atoms with Crippen molar-refractivity contribution in [3.05, 3.63) is 34.3 Å². The van der Waals surface area contributed by atoms with Crippen LogP contribution in [0.2, 0.25) is 0 Å². The number of para-hydroxylation sites is 2. The maximum Gasteiger partial charge on any atom is 0.186 e. The highest BCUT2D eigenvalue weighted by molar-refractivity contribution is 7.11. The maximum atomic E-state index is 5.95. The Morgan fingerprint density at radius 2 is 2.14 bits per heavy atom. The zero-order chi connectivity index (χ0) is 14.7. The largest absolute Gasteiger partial charge is 0.485 e. The second kappa shape index (κ2) is 6.41. The number of fused-ring (bicyclic) bond motifs is 1. The first-order chi connectivity index (χ1) is 10.3. The lowest BCUT2D eigenvalue weighted by atomic mass is 10.3. The lowest BCUT2D eigenvalue weighted by Crippen LogP contribution is -2.21. The highest BCUT2D eigenvalue weighted by Gasteiger charge is 2.26. The second-order valence-corrected chi connectivity index (χ2v) is 6.06. The summed E-state index contributed by atoms with van der Waals surface area (Å²) in [4.78, 5) is 0. The first kappa shape index (κ1) is 14.3. The van der Waals surface area contributed by atoms with Gasteiger partial charge in [0, 0.05) is 0 Å². The molecule has 0 fully saturated rings. The van der Waals surface area contributed by atoms with Crippen LogP contribution < -0.4 is 14.8 Å². The summed E-state index contributed by atoms with van der Waals surface area (Å²) in [6.45, 7) is 5.71. The van der Waals surface area contributed by atoms with Gasteiger partial charge in [-0.3, -0.25) is 0 Å². The Morgan fingerprint density at radius 1 is 1.33 bits per heavy atom. The normalized spacial score (nSPS) is 18.5. The topological polar surface area (TPSA) is 56.3 Å². The van der Waals surface area contributed by atoms with Gasteiger partial charge in [0.1, 0.15) is 11.6 Å². The van der Waals surface area contributed by atoms with Crippen LogP contribution in [0.5, 0.6) is 11.5 Å². The minimum Gasteiger partial charge on any atom is -0.485 e. The lowest BCUT2D eigenvalue weighted by molar-refractivity contribution is 0.0906. The van der Waals surface area contributed by atoms with Crippen molar-refractivity contribution in [1.82, 2.24) is 15.5 Å². The number of nitrogens with zero attached hydrogens (tertiary/aromatic N) is 2. The maximum absolute atomic E-state index is 5.95. The van der Waals surface area contributed by atoms with Crippen molar-refractivity contribution in [3.63, 3.8) is 0 Å². The summed E-state index contributed by atoms with van der Waals surface area (Å²) in [6.07, 6.45) is 0.927. The van der Waals surface area contributed by atoms with E-state index in [1.54, 1.807) is 11.3 Å². The van der Waals surface area contributed by atoms with Crippen molar-refractivity contribution in [1.29, 1.82) is 0 Å². The van der Waals surface area contributed by atoms with Crippen molar-refractivity contribution >= 4 is 11.3 Å². The van der Waals surface area contributed by atoms with Crippen LogP contribution in [0.4, 0.5) is 0 Å². The summed E-state index contributed by atoms with van der Waals surface area (Å²) in [5, 5.41) is 13.8. The third-order valence-corrected chi connectivity index (χ3v) is 4.51. The predicted molar refractivity (Wildman–Crippen MR) is 81.9 cm³/mol. The smallest absolute Gasteiger partial charge is 0.186 e. The summed E-state index contributed by atoms with van der Waals surface area (Å²) < 4.78 is 11.7. The van der Waals surface area contributed by atoms with Gasteiger partial charge in [-0.2, -0.15) is 0 Å². The van der Waals surface area contributed by atoms with Gasteiger partial charge in [-0.25, -0.2) is 0 Å². The Kier molecular flexibility index (Phi) is 4.36. The summed E-state index contributed by atoms with van der Waals surface area (Å²) in [5.74, 6) is 1.55. The molecule has 1 aliphatic rings. The molecule has 0 amide bonds. The van der Waals surface area contributed by atoms with E-state index in [2.05, 4.69) is 29.4 Å². The standard InChI is InChI=1S/C15H19N3O2S/c1-3-8-16-10(2)14-17-18-15(21-14)13-9-19-11-6-4-5-7-12(11)20-13/h4-7,10,13,16H,3,8-9H2,1-2H3. The molecule has 0 spiro atoms. The Labute approximate surface area is 128 Å². The molecule has 0 saturated carbocycles. The van der Waals surface area contributed by atoms with Gasteiger partial charge < -0.3 is 14.8 Å². The second-order valence-electron chi connectivity index (χ2n) is 5.02. The van der Waals surface area contributed by atoms with E-state index in [0.717, 1.165) is 34.5 Å². The van der Waals surface area contributed by atoms with Crippen LogP contribution in [0.25, 0.3) is 0 Å². The molecule has 5 nitrogen and oxygen atoms in total. The molecular formula is C15H19N3O2S. The van der Waals surface area contributed by atoms with Crippen LogP contribution in [-0.2, 0) is 0 Å². The van der Waals surface area contributed by atoms with Gasteiger partial charge >= 0.3 is 0 Å². The molecule has 2 heterocycles. The van der Waals surface area contributed by atoms with Crippen LogP contribution in [0.3, 0.4) is 0 Å². The highest BCUT2D eigenvalue weighted by Crippen LogP contribution is 2.36. The van der Waals surface area contributed by atoms with Crippen molar-refractivity contribution < 1.29 is 9.47 Å². The fraction of sp³-hybridized carbons (Fsp3) is 0.467. The van der Waals surface area contributed by atoms with E-state index in [4.69, 9.17) is 9.47 Å². The fourth-order valence-corrected chi connectivity index (χ4v) is 3.03. The zero-order valence-electron chi connectivity index (χ0n) is 12.2. The predicted octanol–water partition coefficient (Wildman–Crippen LogP) is 3.11. The lowest BCUT2D eigenvalue weighted by Gasteiger charge is -2.24. The van der Waals surface area contributed by atoms with Gasteiger partial charge in [-0.1, -0.05) is 30.4 Å². The van der Waals surface area contributed by atoms with Gasteiger partial charge in [-0.15, -0.1) is 10.2 Å². The molecule has 0 bridgehead atoms. The molecule has 2 atom stereocenters. The molecule has 0 radical (unpaired) electrons. The van der Waals surface area contributed by atoms with E-state index in [1.807, 2.05) is 24.3 Å². The van der Waals surface area contributed by atoms with E-state index < -0.39 is 0 Å². The van der Waals surface area contributed by atoms with E-state index in [-0.39, 0.29) is 12.1 Å². The average Bonchev–Trinajstić information content (AvgIpc) is 3.02. The molecule has 1 aromatic carbocycles. The van der Waals surface area contributed by atoms with Crippen LogP contribution in [0.15, 0.2) is 24.3 Å². The summed E-state index contributed by atoms with van der Waals surface area (Å²) >= 11 is 1.58. The third-order valence-electron chi connectivity index (χ3n) is 3.31. The Bertz CT molecular complexity index is 602. The summed E-state index contributed by atoms with van der Waals surface area (Å²) in [5.41, 5.74) is 0. The zero-order valence-corrected chi connectivity index (χ0v) is 13.0. The van der Waals surface area contributed by atoms with Crippen LogP contribution in [0, 0.1) is 0 Å². The third kappa shape index (κ3) is 3.16. The Morgan fingerprint density at radius 3 is 2.95 bits per heavy atom. The number of rotatable bonds is 5. The van der Waals surface area contributed by atoms with E-state index in [9.17, 15) is 0 Å². The van der Waals surface area contributed by atoms with Crippen LogP contribution in [0.1, 0.15) is 42.4 Å². The van der Waals surface area contributed by atoms with Gasteiger partial charge in [0.25, 0.3) is 0 Å². The van der Waals surface area contributed by atoms with Gasteiger partial charge in [-0.05, 0) is 32.0 Å². The number of hydrogen-bond donors (Lipinski definition) is 1. The van der Waals surface area contributed by atoms with Crippen molar-refractivity contribution in [3.8, 4) is 11.5 Å². The SMILES string of the molecule is CCCNC(C)c1nnc(C2COc3ccccc3O2)s1. The molecule has 112 valence electrons. The summed E-state index contributed by atoms with van der Waals surface area (Å²) in [7, 11) is 0. The van der Waals surface area contributed by atoms with Crippen molar-refractivity contribution in [2.75, 3.05) is 13.2 Å². The molecule has 1 N–H and O–H groups in total. The molecule has 1 aromatic heterocycles. The van der Waals surface area contributed by atoms with Gasteiger partial charge in [0.15, 0.2) is 22.6 Å². The highest BCUT2D eigenvalue weighted by atomic mass is 32.1. The van der Waals surface area contributed by atoms with Crippen LogP contribution in [-0.4, -0.2) is 23.3 Å². The van der Waals surface area contributed by atoms with Crippen LogP contribution >= 0.6 is 11.3 Å². The van der Waals surface area contributed by atoms with E-state index in [0.29, 0.717) is 6.61 Å². The molecule has 3 rings (SSSR count). The first-order valence-corrected chi connectivity index (χ1v) is 8.04.